The highest BCUT2D eigenvalue weighted by atomic mass is 19.4. The van der Waals surface area contributed by atoms with Gasteiger partial charge in [-0.3, -0.25) is 19.3 Å². The lowest BCUT2D eigenvalue weighted by atomic mass is 9.81. The van der Waals surface area contributed by atoms with E-state index in [2.05, 4.69) is 10.3 Å². The number of pyridine rings is 1. The monoisotopic (exact) mass is 643 g/mol. The zero-order chi connectivity index (χ0) is 33.6. The van der Waals surface area contributed by atoms with E-state index in [9.17, 15) is 27.6 Å². The number of nitrogens with one attached hydrogen (secondary N) is 1. The number of carbonyl (C=O) groups is 3. The zero-order valence-electron chi connectivity index (χ0n) is 25.4. The van der Waals surface area contributed by atoms with Crippen LogP contribution in [0, 0.1) is 5.92 Å². The minimum Gasteiger partial charge on any atom is -0.495 e. The minimum absolute atomic E-state index is 0.216. The van der Waals surface area contributed by atoms with Crippen molar-refractivity contribution in [3.8, 4) is 5.75 Å². The van der Waals surface area contributed by atoms with E-state index >= 15 is 0 Å². The van der Waals surface area contributed by atoms with Crippen LogP contribution in [0.4, 0.5) is 24.7 Å². The summed E-state index contributed by atoms with van der Waals surface area (Å²) in [4.78, 5) is 51.8. The summed E-state index contributed by atoms with van der Waals surface area (Å²) < 4.78 is 44.7. The molecule has 0 radical (unpaired) electrons. The number of hydrogen-bond acceptors (Lipinski definition) is 6. The molecule has 3 N–H and O–H groups in total. The van der Waals surface area contributed by atoms with Crippen LogP contribution in [0.2, 0.25) is 0 Å². The zero-order valence-corrected chi connectivity index (χ0v) is 25.4. The molecule has 3 amide bonds. The Morgan fingerprint density at radius 2 is 1.62 bits per heavy atom. The smallest absolute Gasteiger partial charge is 0.389 e. The Labute approximate surface area is 269 Å². The first-order valence-electron chi connectivity index (χ1n) is 14.9. The van der Waals surface area contributed by atoms with Gasteiger partial charge in [-0.1, -0.05) is 78.9 Å². The van der Waals surface area contributed by atoms with Crippen molar-refractivity contribution in [3.63, 3.8) is 0 Å². The van der Waals surface area contributed by atoms with Gasteiger partial charge in [-0.25, -0.2) is 9.98 Å². The Bertz CT molecular complexity index is 1750. The van der Waals surface area contributed by atoms with E-state index in [1.807, 2.05) is 6.07 Å². The largest absolute Gasteiger partial charge is 0.495 e. The van der Waals surface area contributed by atoms with Crippen LogP contribution in [0.25, 0.3) is 0 Å². The third-order valence-corrected chi connectivity index (χ3v) is 7.80. The van der Waals surface area contributed by atoms with Gasteiger partial charge in [0, 0.05) is 17.5 Å². The van der Waals surface area contributed by atoms with Gasteiger partial charge in [0.05, 0.1) is 36.5 Å². The van der Waals surface area contributed by atoms with E-state index in [4.69, 9.17) is 15.5 Å². The number of anilines is 2. The number of aromatic nitrogens is 1. The lowest BCUT2D eigenvalue weighted by molar-refractivity contribution is -0.139. The topological polar surface area (TPSA) is 127 Å². The number of amides is 3. The highest BCUT2D eigenvalue weighted by molar-refractivity contribution is 6.21. The second kappa shape index (κ2) is 14.3. The van der Waals surface area contributed by atoms with E-state index < -0.39 is 54.7 Å². The van der Waals surface area contributed by atoms with E-state index in [0.29, 0.717) is 33.8 Å². The van der Waals surface area contributed by atoms with Gasteiger partial charge in [-0.15, -0.1) is 0 Å². The Morgan fingerprint density at radius 1 is 0.957 bits per heavy atom. The molecule has 0 bridgehead atoms. The number of primary amides is 1. The van der Waals surface area contributed by atoms with Crippen LogP contribution in [0.1, 0.15) is 41.9 Å². The average Bonchev–Trinajstić information content (AvgIpc) is 3.18. The van der Waals surface area contributed by atoms with Crippen LogP contribution < -0.4 is 20.7 Å². The van der Waals surface area contributed by atoms with Crippen LogP contribution in [0.5, 0.6) is 5.75 Å². The fourth-order valence-corrected chi connectivity index (χ4v) is 5.61. The second-order valence-corrected chi connectivity index (χ2v) is 10.9. The predicted octanol–water partition coefficient (Wildman–Crippen LogP) is 5.67. The van der Waals surface area contributed by atoms with Gasteiger partial charge in [0.25, 0.3) is 5.91 Å². The molecule has 1 aromatic heterocycles. The number of para-hydroxylation sites is 1. The van der Waals surface area contributed by atoms with Crippen LogP contribution in [0.15, 0.2) is 108 Å². The lowest BCUT2D eigenvalue weighted by Crippen LogP contribution is -2.49. The van der Waals surface area contributed by atoms with Crippen molar-refractivity contribution >= 4 is 34.9 Å². The van der Waals surface area contributed by atoms with Crippen LogP contribution in [-0.4, -0.2) is 47.9 Å². The molecule has 1 aliphatic heterocycles. The van der Waals surface area contributed by atoms with Gasteiger partial charge < -0.3 is 15.8 Å². The van der Waals surface area contributed by atoms with Crippen molar-refractivity contribution in [1.82, 2.24) is 10.3 Å². The van der Waals surface area contributed by atoms with E-state index in [1.54, 1.807) is 91.0 Å². The number of ether oxygens (including phenoxy) is 1. The van der Waals surface area contributed by atoms with E-state index in [1.165, 1.54) is 18.2 Å². The molecule has 47 heavy (non-hydrogen) atoms. The molecule has 4 aromatic rings. The first-order chi connectivity index (χ1) is 22.6. The average molecular weight is 644 g/mol. The molecule has 242 valence electrons. The van der Waals surface area contributed by atoms with Crippen molar-refractivity contribution in [2.45, 2.75) is 37.5 Å². The summed E-state index contributed by atoms with van der Waals surface area (Å²) in [5, 5.41) is 2.66. The number of nitrogens with two attached hydrogens (primary N) is 1. The van der Waals surface area contributed by atoms with Crippen molar-refractivity contribution in [1.29, 1.82) is 0 Å². The molecule has 3 unspecified atom stereocenters. The normalized spacial score (nSPS) is 15.9. The molecule has 0 saturated carbocycles. The number of benzene rings is 3. The summed E-state index contributed by atoms with van der Waals surface area (Å²) in [7, 11) is 1.48. The standard InChI is InChI=1S/C35H32F3N5O4/c1-47-24-18-19-28(40-21-24)43-27-17-9-8-15-25(27)30(23-13-6-3-7-14-23)41-32(34(43)46)42-33(45)26(16-10-20-35(36,37)38)29(31(39)44)22-11-4-2-5-12-22/h2-9,11-15,17-19,21,26,29,32H,10,16,20H2,1H3,(H2,39,44)(H,42,45). The predicted molar refractivity (Wildman–Crippen MR) is 170 cm³/mol. The summed E-state index contributed by atoms with van der Waals surface area (Å²) in [5.41, 5.74) is 8.18. The Kier molecular flexibility index (Phi) is 9.98. The molecule has 1 aliphatic rings. The van der Waals surface area contributed by atoms with E-state index in [0.717, 1.165) is 0 Å². The number of alkyl halides is 3. The molecule has 0 saturated heterocycles. The summed E-state index contributed by atoms with van der Waals surface area (Å²) in [6.45, 7) is 0. The van der Waals surface area contributed by atoms with Crippen molar-refractivity contribution in [3.05, 3.63) is 120 Å². The number of hydrogen-bond donors (Lipinski definition) is 2. The third kappa shape index (κ3) is 7.66. The van der Waals surface area contributed by atoms with Gasteiger partial charge in [-0.2, -0.15) is 13.2 Å². The summed E-state index contributed by atoms with van der Waals surface area (Å²) in [5.74, 6) is -4.34. The number of aliphatic imine (C=N–C) groups is 1. The molecular weight excluding hydrogens is 611 g/mol. The highest BCUT2D eigenvalue weighted by Gasteiger charge is 2.39. The molecule has 0 aliphatic carbocycles. The van der Waals surface area contributed by atoms with Gasteiger partial charge in [0.2, 0.25) is 18.0 Å². The fourth-order valence-electron chi connectivity index (χ4n) is 5.61. The molecule has 3 atom stereocenters. The molecular formula is C35H32F3N5O4. The number of rotatable bonds is 11. The van der Waals surface area contributed by atoms with Gasteiger partial charge in [-0.05, 0) is 36.6 Å². The number of nitrogens with zero attached hydrogens (tertiary/aromatic N) is 3. The Hall–Kier alpha value is -5.52. The summed E-state index contributed by atoms with van der Waals surface area (Å²) in [6.07, 6.45) is -6.52. The van der Waals surface area contributed by atoms with Crippen LogP contribution >= 0.6 is 0 Å². The quantitative estimate of drug-likeness (QED) is 0.218. The summed E-state index contributed by atoms with van der Waals surface area (Å²) >= 11 is 0. The van der Waals surface area contributed by atoms with Gasteiger partial charge >= 0.3 is 6.18 Å². The van der Waals surface area contributed by atoms with Crippen LogP contribution in [0.3, 0.4) is 0 Å². The minimum atomic E-state index is -4.47. The maximum atomic E-state index is 14.4. The lowest BCUT2D eigenvalue weighted by Gasteiger charge is -2.28. The van der Waals surface area contributed by atoms with Crippen molar-refractivity contribution in [2.75, 3.05) is 12.0 Å². The number of carbonyl (C=O) groups excluding carboxylic acids is 3. The number of fused-ring (bicyclic) bond motifs is 1. The van der Waals surface area contributed by atoms with Crippen molar-refractivity contribution < 1.29 is 32.3 Å². The number of halogens is 3. The van der Waals surface area contributed by atoms with Gasteiger partial charge in [0.1, 0.15) is 11.6 Å². The highest BCUT2D eigenvalue weighted by Crippen LogP contribution is 2.35. The molecule has 3 aromatic carbocycles. The molecule has 12 heteroatoms. The van der Waals surface area contributed by atoms with E-state index in [-0.39, 0.29) is 12.2 Å². The Balaban J connectivity index is 1.60. The number of benzodiazepines with no additional fused rings is 1. The molecule has 2 heterocycles. The first kappa shape index (κ1) is 32.9. The fraction of sp³-hybridized carbons (Fsp3) is 0.229. The maximum Gasteiger partial charge on any atom is 0.389 e. The Morgan fingerprint density at radius 3 is 2.23 bits per heavy atom. The van der Waals surface area contributed by atoms with Crippen LogP contribution in [-0.2, 0) is 14.4 Å². The maximum absolute atomic E-state index is 14.4. The first-order valence-corrected chi connectivity index (χ1v) is 14.9. The van der Waals surface area contributed by atoms with Gasteiger partial charge in [0.15, 0.2) is 0 Å². The molecule has 5 rings (SSSR count). The van der Waals surface area contributed by atoms with Crippen molar-refractivity contribution in [2.24, 2.45) is 16.6 Å². The SMILES string of the molecule is COc1ccc(N2C(=O)C(NC(=O)C(CCCC(F)(F)F)C(C(N)=O)c3ccccc3)N=C(c3ccccc3)c3ccccc32)nc1. The number of methoxy groups -OCH3 is 1. The summed E-state index contributed by atoms with van der Waals surface area (Å²) in [6, 6.07) is 27.4. The third-order valence-electron chi connectivity index (χ3n) is 7.80. The second-order valence-electron chi connectivity index (χ2n) is 10.9. The molecule has 0 fully saturated rings. The molecule has 9 nitrogen and oxygen atoms in total. The molecule has 0 spiro atoms.